The first-order valence-electron chi connectivity index (χ1n) is 4.97. The van der Waals surface area contributed by atoms with E-state index in [2.05, 4.69) is 4.98 Å². The SMILES string of the molecule is Cc1[nH]c(=O)sc1S(=O)(=O)Nc1cc(F)ccc1F. The zero-order chi connectivity index (χ0) is 14.2. The number of aromatic amines is 1. The topological polar surface area (TPSA) is 79.0 Å². The van der Waals surface area contributed by atoms with Gasteiger partial charge in [-0.25, -0.2) is 17.2 Å². The van der Waals surface area contributed by atoms with Crippen molar-refractivity contribution in [1.29, 1.82) is 0 Å². The third kappa shape index (κ3) is 2.82. The molecule has 5 nitrogen and oxygen atoms in total. The van der Waals surface area contributed by atoms with Gasteiger partial charge in [0.25, 0.3) is 10.0 Å². The van der Waals surface area contributed by atoms with Crippen LogP contribution in [0.15, 0.2) is 27.2 Å². The molecule has 0 aliphatic heterocycles. The Bertz CT molecular complexity index is 780. The van der Waals surface area contributed by atoms with Crippen molar-refractivity contribution < 1.29 is 17.2 Å². The highest BCUT2D eigenvalue weighted by molar-refractivity contribution is 7.94. The van der Waals surface area contributed by atoms with E-state index < -0.39 is 32.2 Å². The van der Waals surface area contributed by atoms with Gasteiger partial charge < -0.3 is 4.98 Å². The second-order valence-corrected chi connectivity index (χ2v) is 6.52. The maximum atomic E-state index is 13.4. The van der Waals surface area contributed by atoms with Crippen LogP contribution in [0, 0.1) is 18.6 Å². The monoisotopic (exact) mass is 306 g/mol. The van der Waals surface area contributed by atoms with Gasteiger partial charge in [0.05, 0.1) is 5.69 Å². The van der Waals surface area contributed by atoms with Crippen LogP contribution < -0.4 is 9.60 Å². The van der Waals surface area contributed by atoms with E-state index >= 15 is 0 Å². The lowest BCUT2D eigenvalue weighted by molar-refractivity contribution is 0.595. The van der Waals surface area contributed by atoms with Crippen molar-refractivity contribution in [3.05, 3.63) is 45.2 Å². The van der Waals surface area contributed by atoms with Crippen molar-refractivity contribution in [2.45, 2.75) is 11.1 Å². The number of nitrogens with one attached hydrogen (secondary N) is 2. The molecule has 0 saturated heterocycles. The first-order chi connectivity index (χ1) is 8.79. The fourth-order valence-corrected chi connectivity index (χ4v) is 3.77. The summed E-state index contributed by atoms with van der Waals surface area (Å²) >= 11 is 0.473. The molecule has 0 unspecified atom stereocenters. The number of rotatable bonds is 3. The molecule has 0 bridgehead atoms. The van der Waals surface area contributed by atoms with E-state index in [4.69, 9.17) is 0 Å². The summed E-state index contributed by atoms with van der Waals surface area (Å²) in [6.45, 7) is 1.40. The normalized spacial score (nSPS) is 11.5. The summed E-state index contributed by atoms with van der Waals surface area (Å²) in [5, 5.41) is 0. The van der Waals surface area contributed by atoms with E-state index in [1.807, 2.05) is 4.72 Å². The lowest BCUT2D eigenvalue weighted by Crippen LogP contribution is -2.14. The standard InChI is InChI=1S/C10H8F2N2O3S2/c1-5-9(18-10(15)13-5)19(16,17)14-8-4-6(11)2-3-7(8)12/h2-4,14H,1H3,(H,13,15). The molecule has 0 radical (unpaired) electrons. The summed E-state index contributed by atoms with van der Waals surface area (Å²) in [5.41, 5.74) is -0.375. The number of anilines is 1. The van der Waals surface area contributed by atoms with Crippen molar-refractivity contribution in [3.8, 4) is 0 Å². The smallest absolute Gasteiger partial charge is 0.306 e. The molecule has 0 spiro atoms. The van der Waals surface area contributed by atoms with Crippen molar-refractivity contribution in [2.24, 2.45) is 0 Å². The van der Waals surface area contributed by atoms with Crippen molar-refractivity contribution in [1.82, 2.24) is 4.98 Å². The van der Waals surface area contributed by atoms with Gasteiger partial charge in [0, 0.05) is 11.8 Å². The quantitative estimate of drug-likeness (QED) is 0.908. The predicted molar refractivity (Wildman–Crippen MR) is 66.8 cm³/mol. The average molecular weight is 306 g/mol. The molecule has 0 aliphatic rings. The van der Waals surface area contributed by atoms with E-state index in [0.29, 0.717) is 11.3 Å². The molecule has 0 aliphatic carbocycles. The van der Waals surface area contributed by atoms with Crippen LogP contribution in [0.5, 0.6) is 0 Å². The predicted octanol–water partition coefficient (Wildman–Crippen LogP) is 1.82. The van der Waals surface area contributed by atoms with Crippen molar-refractivity contribution >= 4 is 27.0 Å². The van der Waals surface area contributed by atoms with Crippen LogP contribution in [0.25, 0.3) is 0 Å². The molecule has 2 N–H and O–H groups in total. The van der Waals surface area contributed by atoms with Gasteiger partial charge in [-0.15, -0.1) is 0 Å². The van der Waals surface area contributed by atoms with Crippen LogP contribution in [0.2, 0.25) is 0 Å². The van der Waals surface area contributed by atoms with Crippen molar-refractivity contribution in [3.63, 3.8) is 0 Å². The largest absolute Gasteiger partial charge is 0.315 e. The summed E-state index contributed by atoms with van der Waals surface area (Å²) in [6, 6.07) is 2.39. The van der Waals surface area contributed by atoms with Gasteiger partial charge in [-0.2, -0.15) is 0 Å². The molecule has 0 saturated carbocycles. The Hall–Kier alpha value is -1.74. The Morgan fingerprint density at radius 1 is 1.32 bits per heavy atom. The van der Waals surface area contributed by atoms with E-state index in [1.165, 1.54) is 6.92 Å². The molecule has 19 heavy (non-hydrogen) atoms. The summed E-state index contributed by atoms with van der Waals surface area (Å²) in [7, 11) is -4.13. The number of sulfonamides is 1. The van der Waals surface area contributed by atoms with E-state index in [-0.39, 0.29) is 9.90 Å². The third-order valence-electron chi connectivity index (χ3n) is 2.20. The Morgan fingerprint density at radius 2 is 2.00 bits per heavy atom. The van der Waals surface area contributed by atoms with Gasteiger partial charge in [-0.05, 0) is 19.1 Å². The highest BCUT2D eigenvalue weighted by Gasteiger charge is 2.22. The summed E-state index contributed by atoms with van der Waals surface area (Å²) < 4.78 is 51.9. The lowest BCUT2D eigenvalue weighted by Gasteiger charge is -2.07. The van der Waals surface area contributed by atoms with Gasteiger partial charge in [0.2, 0.25) is 0 Å². The van der Waals surface area contributed by atoms with Gasteiger partial charge in [-0.1, -0.05) is 11.3 Å². The first kappa shape index (κ1) is 13.7. The second kappa shape index (κ2) is 4.74. The number of halogens is 2. The molecule has 9 heteroatoms. The molecule has 0 fully saturated rings. The zero-order valence-corrected chi connectivity index (χ0v) is 11.2. The Balaban J connectivity index is 2.45. The van der Waals surface area contributed by atoms with E-state index in [1.54, 1.807) is 0 Å². The molecule has 102 valence electrons. The zero-order valence-electron chi connectivity index (χ0n) is 9.53. The average Bonchev–Trinajstić information content (AvgIpc) is 2.63. The van der Waals surface area contributed by atoms with Crippen LogP contribution in [0.4, 0.5) is 14.5 Å². The minimum absolute atomic E-state index is 0.138. The number of aryl methyl sites for hydroxylation is 1. The minimum atomic E-state index is -4.13. The minimum Gasteiger partial charge on any atom is -0.315 e. The summed E-state index contributed by atoms with van der Waals surface area (Å²) in [6.07, 6.45) is 0. The molecule has 1 aromatic carbocycles. The van der Waals surface area contributed by atoms with E-state index in [0.717, 1.165) is 18.2 Å². The molecular formula is C10H8F2N2O3S2. The number of hydrogen-bond donors (Lipinski definition) is 2. The highest BCUT2D eigenvalue weighted by Crippen LogP contribution is 2.22. The number of hydrogen-bond acceptors (Lipinski definition) is 4. The molecule has 0 amide bonds. The van der Waals surface area contributed by atoms with E-state index in [9.17, 15) is 22.0 Å². The number of benzene rings is 1. The lowest BCUT2D eigenvalue weighted by atomic mass is 10.3. The van der Waals surface area contributed by atoms with Crippen LogP contribution in [-0.2, 0) is 10.0 Å². The number of H-pyrrole nitrogens is 1. The molecule has 0 atom stereocenters. The van der Waals surface area contributed by atoms with Crippen LogP contribution >= 0.6 is 11.3 Å². The van der Waals surface area contributed by atoms with Crippen LogP contribution in [-0.4, -0.2) is 13.4 Å². The van der Waals surface area contributed by atoms with Gasteiger partial charge >= 0.3 is 4.87 Å². The molecular weight excluding hydrogens is 298 g/mol. The summed E-state index contributed by atoms with van der Waals surface area (Å²) in [5.74, 6) is -1.69. The Kier molecular flexibility index (Phi) is 3.42. The van der Waals surface area contributed by atoms with Gasteiger partial charge in [0.15, 0.2) is 4.21 Å². The summed E-state index contributed by atoms with van der Waals surface area (Å²) in [4.78, 5) is 12.8. The van der Waals surface area contributed by atoms with Gasteiger partial charge in [-0.3, -0.25) is 9.52 Å². The Labute approximate surface area is 111 Å². The maximum absolute atomic E-state index is 13.4. The molecule has 2 aromatic rings. The van der Waals surface area contributed by atoms with Crippen LogP contribution in [0.3, 0.4) is 0 Å². The second-order valence-electron chi connectivity index (χ2n) is 3.66. The first-order valence-corrected chi connectivity index (χ1v) is 7.27. The van der Waals surface area contributed by atoms with Crippen molar-refractivity contribution in [2.75, 3.05) is 4.72 Å². The molecule has 1 heterocycles. The fraction of sp³-hybridized carbons (Fsp3) is 0.100. The third-order valence-corrected chi connectivity index (χ3v) is 5.17. The van der Waals surface area contributed by atoms with Gasteiger partial charge in [0.1, 0.15) is 11.6 Å². The van der Waals surface area contributed by atoms with Crippen LogP contribution in [0.1, 0.15) is 5.69 Å². The Morgan fingerprint density at radius 3 is 2.58 bits per heavy atom. The molecule has 1 aromatic heterocycles. The number of aromatic nitrogens is 1. The number of thiazole rings is 1. The highest BCUT2D eigenvalue weighted by atomic mass is 32.2. The maximum Gasteiger partial charge on any atom is 0.306 e. The molecule has 2 rings (SSSR count). The fourth-order valence-electron chi connectivity index (χ4n) is 1.41.